The second-order valence-corrected chi connectivity index (χ2v) is 6.46. The molecule has 4 heterocycles. The summed E-state index contributed by atoms with van der Waals surface area (Å²) in [6.45, 7) is 3.71. The lowest BCUT2D eigenvalue weighted by molar-refractivity contribution is 0.107. The molecule has 6 heteroatoms. The second kappa shape index (κ2) is 6.82. The van der Waals surface area contributed by atoms with Crippen molar-refractivity contribution in [3.05, 3.63) is 60.2 Å². The van der Waals surface area contributed by atoms with Crippen molar-refractivity contribution in [2.24, 2.45) is 0 Å². The number of methoxy groups -OCH3 is 1. The number of rotatable bonds is 5. The molecular weight excluding hydrogens is 316 g/mol. The lowest BCUT2D eigenvalue weighted by atomic mass is 10.1. The highest BCUT2D eigenvalue weighted by atomic mass is 16.5. The number of nitrogens with one attached hydrogen (secondary N) is 1. The van der Waals surface area contributed by atoms with E-state index in [9.17, 15) is 0 Å². The third-order valence-electron chi connectivity index (χ3n) is 4.92. The number of H-pyrrole nitrogens is 1. The molecule has 0 aliphatic carbocycles. The lowest BCUT2D eigenvalue weighted by Crippen LogP contribution is -2.25. The number of imidazole rings is 1. The van der Waals surface area contributed by atoms with E-state index in [2.05, 4.69) is 19.9 Å². The maximum absolute atomic E-state index is 5.62. The largest absolute Gasteiger partial charge is 0.469 e. The first kappa shape index (κ1) is 16.1. The number of nitrogens with zero attached hydrogens (tertiary/aromatic N) is 3. The fourth-order valence-electron chi connectivity index (χ4n) is 3.46. The fraction of sp³-hybridized carbons (Fsp3) is 0.368. The minimum atomic E-state index is 0.199. The Morgan fingerprint density at radius 2 is 2.28 bits per heavy atom. The van der Waals surface area contributed by atoms with Gasteiger partial charge in [-0.2, -0.15) is 0 Å². The Hall–Kier alpha value is -2.44. The molecule has 4 rings (SSSR count). The minimum Gasteiger partial charge on any atom is -0.469 e. The Balaban J connectivity index is 1.58. The number of furan rings is 1. The predicted molar refractivity (Wildman–Crippen MR) is 93.8 cm³/mol. The van der Waals surface area contributed by atoms with Crippen molar-refractivity contribution in [1.29, 1.82) is 0 Å². The molecule has 25 heavy (non-hydrogen) atoms. The molecule has 0 saturated carbocycles. The van der Waals surface area contributed by atoms with Crippen molar-refractivity contribution in [3.8, 4) is 11.3 Å². The van der Waals surface area contributed by atoms with Gasteiger partial charge in [-0.1, -0.05) is 0 Å². The normalized spacial score (nSPS) is 21.0. The van der Waals surface area contributed by atoms with Gasteiger partial charge in [-0.15, -0.1) is 0 Å². The summed E-state index contributed by atoms with van der Waals surface area (Å²) in [6.07, 6.45) is 8.38. The molecule has 1 saturated heterocycles. The topological polar surface area (TPSA) is 67.2 Å². The van der Waals surface area contributed by atoms with Gasteiger partial charge in [-0.3, -0.25) is 9.88 Å². The quantitative estimate of drug-likeness (QED) is 0.773. The van der Waals surface area contributed by atoms with E-state index in [1.54, 1.807) is 19.6 Å². The molecule has 2 atom stereocenters. The molecule has 130 valence electrons. The van der Waals surface area contributed by atoms with Crippen LogP contribution in [0.3, 0.4) is 0 Å². The first-order chi connectivity index (χ1) is 12.2. The number of pyridine rings is 1. The standard InChI is InChI=1S/C19H22N4O2/c1-13-15(5-7-25-13)11-23-12-16(24-2)8-18(23)19-21-10-17(22-19)14-4-3-6-20-9-14/h3-7,9-10,16,18H,8,11-12H2,1-2H3,(H,21,22)/t16-,18+/m1/s1. The third-order valence-corrected chi connectivity index (χ3v) is 4.92. The number of aryl methyl sites for hydroxylation is 1. The van der Waals surface area contributed by atoms with Crippen LogP contribution in [0.15, 0.2) is 47.5 Å². The van der Waals surface area contributed by atoms with E-state index in [0.717, 1.165) is 42.4 Å². The summed E-state index contributed by atoms with van der Waals surface area (Å²) in [5.74, 6) is 1.94. The van der Waals surface area contributed by atoms with Crippen LogP contribution in [0.1, 0.15) is 29.6 Å². The van der Waals surface area contributed by atoms with Gasteiger partial charge in [0.15, 0.2) is 0 Å². The molecule has 0 bridgehead atoms. The van der Waals surface area contributed by atoms with Crippen molar-refractivity contribution in [1.82, 2.24) is 19.9 Å². The van der Waals surface area contributed by atoms with Crippen LogP contribution in [0.5, 0.6) is 0 Å². The summed E-state index contributed by atoms with van der Waals surface area (Å²) < 4.78 is 11.1. The molecule has 1 aliphatic rings. The van der Waals surface area contributed by atoms with Crippen molar-refractivity contribution in [2.45, 2.75) is 32.0 Å². The molecule has 0 aromatic carbocycles. The number of ether oxygens (including phenoxy) is 1. The van der Waals surface area contributed by atoms with Gasteiger partial charge < -0.3 is 14.1 Å². The molecule has 1 aliphatic heterocycles. The van der Waals surface area contributed by atoms with Crippen LogP contribution < -0.4 is 0 Å². The third kappa shape index (κ3) is 3.23. The van der Waals surface area contributed by atoms with Gasteiger partial charge in [-0.05, 0) is 31.5 Å². The van der Waals surface area contributed by atoms with Crippen LogP contribution in [0.25, 0.3) is 11.3 Å². The summed E-state index contributed by atoms with van der Waals surface area (Å²) in [7, 11) is 1.78. The SMILES string of the molecule is CO[C@@H]1C[C@@H](c2ncc(-c3cccnc3)[nH]2)N(Cc2ccoc2C)C1. The molecule has 0 radical (unpaired) electrons. The monoisotopic (exact) mass is 338 g/mol. The summed E-state index contributed by atoms with van der Waals surface area (Å²) in [5, 5.41) is 0. The molecule has 1 N–H and O–H groups in total. The molecule has 6 nitrogen and oxygen atoms in total. The van der Waals surface area contributed by atoms with Gasteiger partial charge in [0.1, 0.15) is 11.6 Å². The second-order valence-electron chi connectivity index (χ2n) is 6.46. The van der Waals surface area contributed by atoms with Gasteiger partial charge in [-0.25, -0.2) is 4.98 Å². The number of hydrogen-bond donors (Lipinski definition) is 1. The van der Waals surface area contributed by atoms with Crippen molar-refractivity contribution in [2.75, 3.05) is 13.7 Å². The molecule has 0 spiro atoms. The molecule has 0 amide bonds. The zero-order valence-corrected chi connectivity index (χ0v) is 14.5. The average Bonchev–Trinajstić information content (AvgIpc) is 3.36. The van der Waals surface area contributed by atoms with Crippen molar-refractivity contribution >= 4 is 0 Å². The van der Waals surface area contributed by atoms with Crippen LogP contribution in [0.2, 0.25) is 0 Å². The fourth-order valence-corrected chi connectivity index (χ4v) is 3.46. The summed E-state index contributed by atoms with van der Waals surface area (Å²) in [6, 6.07) is 6.20. The van der Waals surface area contributed by atoms with E-state index in [-0.39, 0.29) is 12.1 Å². The first-order valence-electron chi connectivity index (χ1n) is 8.49. The number of hydrogen-bond acceptors (Lipinski definition) is 5. The molecule has 1 fully saturated rings. The number of aromatic amines is 1. The van der Waals surface area contributed by atoms with E-state index in [1.807, 2.05) is 37.5 Å². The highest BCUT2D eigenvalue weighted by Gasteiger charge is 2.35. The summed E-state index contributed by atoms with van der Waals surface area (Å²) in [4.78, 5) is 14.7. The van der Waals surface area contributed by atoms with Crippen LogP contribution in [0, 0.1) is 6.92 Å². The van der Waals surface area contributed by atoms with E-state index in [4.69, 9.17) is 9.15 Å². The maximum Gasteiger partial charge on any atom is 0.124 e. The highest BCUT2D eigenvalue weighted by Crippen LogP contribution is 2.34. The Morgan fingerprint density at radius 1 is 1.36 bits per heavy atom. The highest BCUT2D eigenvalue weighted by molar-refractivity contribution is 5.56. The van der Waals surface area contributed by atoms with E-state index in [0.29, 0.717) is 0 Å². The van der Waals surface area contributed by atoms with E-state index >= 15 is 0 Å². The zero-order chi connectivity index (χ0) is 17.2. The molecule has 3 aromatic heterocycles. The predicted octanol–water partition coefficient (Wildman–Crippen LogP) is 3.34. The van der Waals surface area contributed by atoms with Gasteiger partial charge in [0, 0.05) is 43.7 Å². The minimum absolute atomic E-state index is 0.199. The van der Waals surface area contributed by atoms with Crippen LogP contribution in [0.4, 0.5) is 0 Å². The number of likely N-dealkylation sites (tertiary alicyclic amines) is 1. The van der Waals surface area contributed by atoms with Gasteiger partial charge in [0.25, 0.3) is 0 Å². The maximum atomic E-state index is 5.62. The molecule has 3 aromatic rings. The smallest absolute Gasteiger partial charge is 0.124 e. The Bertz CT molecular complexity index is 827. The Morgan fingerprint density at radius 3 is 3.00 bits per heavy atom. The van der Waals surface area contributed by atoms with Gasteiger partial charge in [0.05, 0.1) is 30.3 Å². The van der Waals surface area contributed by atoms with Gasteiger partial charge >= 0.3 is 0 Å². The van der Waals surface area contributed by atoms with Crippen LogP contribution in [-0.2, 0) is 11.3 Å². The average molecular weight is 338 g/mol. The van der Waals surface area contributed by atoms with E-state index < -0.39 is 0 Å². The van der Waals surface area contributed by atoms with Crippen molar-refractivity contribution < 1.29 is 9.15 Å². The lowest BCUT2D eigenvalue weighted by Gasteiger charge is -2.22. The zero-order valence-electron chi connectivity index (χ0n) is 14.5. The Labute approximate surface area is 146 Å². The first-order valence-corrected chi connectivity index (χ1v) is 8.49. The number of aromatic nitrogens is 3. The van der Waals surface area contributed by atoms with Crippen molar-refractivity contribution in [3.63, 3.8) is 0 Å². The van der Waals surface area contributed by atoms with Gasteiger partial charge in [0.2, 0.25) is 0 Å². The molecule has 0 unspecified atom stereocenters. The summed E-state index contributed by atoms with van der Waals surface area (Å²) in [5.41, 5.74) is 3.24. The Kier molecular flexibility index (Phi) is 4.38. The van der Waals surface area contributed by atoms with Crippen LogP contribution >= 0.6 is 0 Å². The molecular formula is C19H22N4O2. The summed E-state index contributed by atoms with van der Waals surface area (Å²) >= 11 is 0. The van der Waals surface area contributed by atoms with E-state index in [1.165, 1.54) is 5.56 Å². The van der Waals surface area contributed by atoms with Crippen LogP contribution in [-0.4, -0.2) is 39.6 Å².